The van der Waals surface area contributed by atoms with Gasteiger partial charge in [0.1, 0.15) is 0 Å². The van der Waals surface area contributed by atoms with Gasteiger partial charge in [-0.25, -0.2) is 0 Å². The second-order valence-electron chi connectivity index (χ2n) is 5.72. The minimum absolute atomic E-state index is 0.646. The van der Waals surface area contributed by atoms with Crippen LogP contribution >= 0.6 is 0 Å². The Morgan fingerprint density at radius 1 is 1.12 bits per heavy atom. The molecule has 16 heavy (non-hydrogen) atoms. The fourth-order valence-corrected chi connectivity index (χ4v) is 6.72. The highest BCUT2D eigenvalue weighted by Crippen LogP contribution is 2.61. The Hall–Kier alpha value is -0.123. The third-order valence-corrected chi connectivity index (χ3v) is 8.77. The summed E-state index contributed by atoms with van der Waals surface area (Å²) < 4.78 is 11.5. The Kier molecular flexibility index (Phi) is 2.53. The minimum Gasteiger partial charge on any atom is -0.397 e. The summed E-state index contributed by atoms with van der Waals surface area (Å²) in [6.07, 6.45) is 6.92. The molecule has 2 nitrogen and oxygen atoms in total. The van der Waals surface area contributed by atoms with Gasteiger partial charge in [0, 0.05) is 19.8 Å². The van der Waals surface area contributed by atoms with Crippen LogP contribution in [-0.4, -0.2) is 22.8 Å². The largest absolute Gasteiger partial charge is 0.397 e. The monoisotopic (exact) mass is 238 g/mol. The van der Waals surface area contributed by atoms with Gasteiger partial charge in [-0.15, -0.1) is 0 Å². The fraction of sp³-hybridized carbons (Fsp3) is 0.846. The summed E-state index contributed by atoms with van der Waals surface area (Å²) in [6, 6.07) is 0. The summed E-state index contributed by atoms with van der Waals surface area (Å²) in [5.74, 6) is 1.90. The van der Waals surface area contributed by atoms with E-state index in [1.165, 1.54) is 32.1 Å². The molecule has 0 saturated heterocycles. The van der Waals surface area contributed by atoms with Crippen LogP contribution in [0, 0.1) is 11.8 Å². The molecule has 0 aromatic carbocycles. The van der Waals surface area contributed by atoms with E-state index in [0.29, 0.717) is 5.54 Å². The van der Waals surface area contributed by atoms with Crippen LogP contribution in [0.2, 0.25) is 12.1 Å². The molecule has 3 unspecified atom stereocenters. The Labute approximate surface area is 99.3 Å². The zero-order valence-corrected chi connectivity index (χ0v) is 11.6. The van der Waals surface area contributed by atoms with Crippen LogP contribution < -0.4 is 0 Å². The zero-order valence-electron chi connectivity index (χ0n) is 10.6. The number of fused-ring (bicyclic) bond motifs is 4. The van der Waals surface area contributed by atoms with Gasteiger partial charge in [0.2, 0.25) is 0 Å². The Morgan fingerprint density at radius 3 is 2.56 bits per heavy atom. The van der Waals surface area contributed by atoms with Gasteiger partial charge in [0.05, 0.1) is 0 Å². The predicted molar refractivity (Wildman–Crippen MR) is 66.5 cm³/mol. The van der Waals surface area contributed by atoms with E-state index < -0.39 is 8.56 Å². The molecule has 3 atom stereocenters. The first-order valence-electron chi connectivity index (χ1n) is 6.51. The molecule has 3 rings (SSSR count). The van der Waals surface area contributed by atoms with Crippen molar-refractivity contribution in [3.63, 3.8) is 0 Å². The van der Waals surface area contributed by atoms with Gasteiger partial charge in [-0.3, -0.25) is 0 Å². The molecule has 0 amide bonds. The quantitative estimate of drug-likeness (QED) is 0.555. The van der Waals surface area contributed by atoms with Gasteiger partial charge in [-0.2, -0.15) is 0 Å². The summed E-state index contributed by atoms with van der Waals surface area (Å²) in [5, 5.41) is 0. The molecule has 0 aromatic rings. The van der Waals surface area contributed by atoms with Gasteiger partial charge in [-0.05, 0) is 50.5 Å². The van der Waals surface area contributed by atoms with E-state index in [1.807, 2.05) is 14.2 Å². The normalized spacial score (nSPS) is 37.3. The van der Waals surface area contributed by atoms with Crippen LogP contribution in [0.15, 0.2) is 11.1 Å². The highest BCUT2D eigenvalue weighted by atomic mass is 28.4. The Morgan fingerprint density at radius 2 is 1.88 bits per heavy atom. The van der Waals surface area contributed by atoms with Crippen LogP contribution in [0.3, 0.4) is 0 Å². The van der Waals surface area contributed by atoms with Crippen LogP contribution in [0.5, 0.6) is 0 Å². The average molecular weight is 238 g/mol. The second kappa shape index (κ2) is 3.69. The highest BCUT2D eigenvalue weighted by Gasteiger charge is 2.53. The summed E-state index contributed by atoms with van der Waals surface area (Å²) in [6.45, 7) is 2.24. The Balaban J connectivity index is 1.94. The lowest BCUT2D eigenvalue weighted by molar-refractivity contribution is 0.240. The molecule has 0 heterocycles. The van der Waals surface area contributed by atoms with Crippen molar-refractivity contribution < 1.29 is 8.85 Å². The minimum atomic E-state index is -1.95. The van der Waals surface area contributed by atoms with E-state index in [2.05, 4.69) is 6.55 Å². The van der Waals surface area contributed by atoms with Crippen molar-refractivity contribution in [2.24, 2.45) is 11.8 Å². The maximum absolute atomic E-state index is 5.77. The van der Waals surface area contributed by atoms with Crippen molar-refractivity contribution >= 4 is 8.56 Å². The van der Waals surface area contributed by atoms with E-state index in [9.17, 15) is 0 Å². The van der Waals surface area contributed by atoms with Gasteiger partial charge < -0.3 is 8.85 Å². The van der Waals surface area contributed by atoms with Gasteiger partial charge in [-0.1, -0.05) is 11.1 Å². The predicted octanol–water partition coefficient (Wildman–Crippen LogP) is 3.24. The number of hydrogen-bond donors (Lipinski definition) is 0. The topological polar surface area (TPSA) is 18.5 Å². The average Bonchev–Trinajstić information content (AvgIpc) is 2.99. The molecule has 3 aliphatic carbocycles. The summed E-state index contributed by atoms with van der Waals surface area (Å²) in [5.41, 5.74) is 4.22. The maximum Gasteiger partial charge on any atom is 0.341 e. The van der Waals surface area contributed by atoms with Crippen molar-refractivity contribution in [1.29, 1.82) is 0 Å². The lowest BCUT2D eigenvalue weighted by Crippen LogP contribution is -2.41. The summed E-state index contributed by atoms with van der Waals surface area (Å²) in [7, 11) is 1.72. The molecule has 2 fully saturated rings. The molecular formula is C13H22O2Si. The van der Waals surface area contributed by atoms with Gasteiger partial charge in [0.25, 0.3) is 0 Å². The van der Waals surface area contributed by atoms with Gasteiger partial charge >= 0.3 is 8.56 Å². The molecule has 2 bridgehead atoms. The van der Waals surface area contributed by atoms with Crippen molar-refractivity contribution in [3.05, 3.63) is 11.1 Å². The van der Waals surface area contributed by atoms with E-state index >= 15 is 0 Å². The smallest absolute Gasteiger partial charge is 0.341 e. The summed E-state index contributed by atoms with van der Waals surface area (Å²) in [4.78, 5) is 0. The van der Waals surface area contributed by atoms with Crippen LogP contribution in [0.25, 0.3) is 0 Å². The standard InChI is InChI=1S/C13H22O2Si/c1-14-16(3,15-2)12-7-6-11-9-4-5-10(8-9)13(11)12/h9,11-12H,4-8H2,1-3H3. The molecular weight excluding hydrogens is 216 g/mol. The van der Waals surface area contributed by atoms with Crippen LogP contribution in [0.4, 0.5) is 0 Å². The fourth-order valence-electron chi connectivity index (χ4n) is 4.31. The van der Waals surface area contributed by atoms with E-state index in [4.69, 9.17) is 8.85 Å². The van der Waals surface area contributed by atoms with Crippen molar-refractivity contribution in [2.75, 3.05) is 14.2 Å². The van der Waals surface area contributed by atoms with Crippen molar-refractivity contribution in [1.82, 2.24) is 0 Å². The molecule has 0 spiro atoms. The molecule has 0 radical (unpaired) electrons. The van der Waals surface area contributed by atoms with E-state index in [0.717, 1.165) is 11.8 Å². The lowest BCUT2D eigenvalue weighted by atomic mass is 9.88. The zero-order chi connectivity index (χ0) is 11.3. The van der Waals surface area contributed by atoms with Crippen LogP contribution in [0.1, 0.15) is 32.1 Å². The molecule has 3 heteroatoms. The first-order chi connectivity index (χ1) is 7.69. The van der Waals surface area contributed by atoms with Gasteiger partial charge in [0.15, 0.2) is 0 Å². The number of allylic oxidation sites excluding steroid dienone is 2. The van der Waals surface area contributed by atoms with Crippen molar-refractivity contribution in [2.45, 2.75) is 44.2 Å². The molecule has 90 valence electrons. The Bertz CT molecular complexity index is 333. The second-order valence-corrected chi connectivity index (χ2v) is 9.27. The number of hydrogen-bond acceptors (Lipinski definition) is 2. The highest BCUT2D eigenvalue weighted by molar-refractivity contribution is 6.68. The first-order valence-corrected chi connectivity index (χ1v) is 8.91. The first kappa shape index (κ1) is 11.0. The third kappa shape index (κ3) is 1.31. The number of rotatable bonds is 3. The molecule has 3 aliphatic rings. The molecule has 2 saturated carbocycles. The third-order valence-electron chi connectivity index (χ3n) is 5.29. The lowest BCUT2D eigenvalue weighted by Gasteiger charge is -2.32. The SMILES string of the molecule is CO[Si](C)(OC)C1CCC2C1=C1CCC2C1. The van der Waals surface area contributed by atoms with E-state index in [-0.39, 0.29) is 0 Å². The molecule has 0 N–H and O–H groups in total. The molecule has 0 aliphatic heterocycles. The molecule has 0 aromatic heterocycles. The summed E-state index contributed by atoms with van der Waals surface area (Å²) >= 11 is 0. The van der Waals surface area contributed by atoms with Crippen molar-refractivity contribution in [3.8, 4) is 0 Å². The van der Waals surface area contributed by atoms with E-state index in [1.54, 1.807) is 11.1 Å². The maximum atomic E-state index is 5.77. The van der Waals surface area contributed by atoms with Crippen LogP contribution in [-0.2, 0) is 8.85 Å².